The highest BCUT2D eigenvalue weighted by Crippen LogP contribution is 2.27. The summed E-state index contributed by atoms with van der Waals surface area (Å²) in [7, 11) is 1.69. The molecule has 2 aromatic carbocycles. The molecule has 6 heteroatoms. The molecule has 0 aliphatic carbocycles. The average molecular weight is 450 g/mol. The van der Waals surface area contributed by atoms with Crippen LogP contribution in [0.15, 0.2) is 53.9 Å². The maximum Gasteiger partial charge on any atom is 0.226 e. The molecule has 1 N–H and O–H groups in total. The summed E-state index contributed by atoms with van der Waals surface area (Å²) in [6.07, 6.45) is 3.73. The first-order chi connectivity index (χ1) is 15.7. The molecule has 0 saturated carbocycles. The number of benzene rings is 2. The number of hydrogen-bond acceptors (Lipinski definition) is 5. The summed E-state index contributed by atoms with van der Waals surface area (Å²) in [4.78, 5) is 19.9. The molecule has 3 aromatic rings. The molecule has 0 bridgehead atoms. The summed E-state index contributed by atoms with van der Waals surface area (Å²) >= 11 is 1.59. The van der Waals surface area contributed by atoms with Crippen molar-refractivity contribution in [1.29, 1.82) is 0 Å². The molecule has 1 aliphatic heterocycles. The van der Waals surface area contributed by atoms with E-state index in [2.05, 4.69) is 53.5 Å². The predicted molar refractivity (Wildman–Crippen MR) is 130 cm³/mol. The predicted octanol–water partition coefficient (Wildman–Crippen LogP) is 4.88. The Labute approximate surface area is 194 Å². The van der Waals surface area contributed by atoms with Crippen molar-refractivity contribution in [2.75, 3.05) is 26.7 Å². The zero-order chi connectivity index (χ0) is 22.3. The number of hydrogen-bond donors (Lipinski definition) is 1. The summed E-state index contributed by atoms with van der Waals surface area (Å²) in [5, 5.41) is 6.10. The maximum atomic E-state index is 12.7. The normalized spacial score (nSPS) is 14.9. The number of carbonyl (C=O) groups excluding carboxylic acids is 1. The molecule has 1 fully saturated rings. The van der Waals surface area contributed by atoms with Gasteiger partial charge in [-0.3, -0.25) is 9.69 Å². The van der Waals surface area contributed by atoms with Crippen LogP contribution in [0.25, 0.3) is 10.6 Å². The van der Waals surface area contributed by atoms with Gasteiger partial charge in [0.1, 0.15) is 10.8 Å². The topological polar surface area (TPSA) is 54.5 Å². The first-order valence-corrected chi connectivity index (χ1v) is 12.2. The minimum absolute atomic E-state index is 0.00951. The highest BCUT2D eigenvalue weighted by atomic mass is 32.1. The van der Waals surface area contributed by atoms with Crippen molar-refractivity contribution < 1.29 is 9.53 Å². The number of aromatic nitrogens is 1. The number of aryl methyl sites for hydroxylation is 1. The van der Waals surface area contributed by atoms with E-state index in [1.54, 1.807) is 18.4 Å². The molecule has 1 saturated heterocycles. The number of thiazole rings is 1. The molecule has 1 aromatic heterocycles. The van der Waals surface area contributed by atoms with Gasteiger partial charge in [0, 0.05) is 17.5 Å². The Morgan fingerprint density at radius 3 is 2.69 bits per heavy atom. The van der Waals surface area contributed by atoms with Gasteiger partial charge in [0.2, 0.25) is 5.91 Å². The monoisotopic (exact) mass is 449 g/mol. The second-order valence-electron chi connectivity index (χ2n) is 8.21. The summed E-state index contributed by atoms with van der Waals surface area (Å²) in [6.45, 7) is 4.85. The Kier molecular flexibility index (Phi) is 7.55. The second-order valence-corrected chi connectivity index (χ2v) is 9.07. The zero-order valence-electron chi connectivity index (χ0n) is 18.8. The van der Waals surface area contributed by atoms with Crippen molar-refractivity contribution in [2.24, 2.45) is 0 Å². The SMILES string of the molecule is CCc1ccc(-c2nc(CC(=O)NCC(c3cccc(OC)c3)N3CCCC3)cs2)cc1. The number of rotatable bonds is 9. The van der Waals surface area contributed by atoms with E-state index in [4.69, 9.17) is 9.72 Å². The van der Waals surface area contributed by atoms with Crippen molar-refractivity contribution in [1.82, 2.24) is 15.2 Å². The molecule has 1 aliphatic rings. The molecule has 0 radical (unpaired) electrons. The Morgan fingerprint density at radius 1 is 1.19 bits per heavy atom. The lowest BCUT2D eigenvalue weighted by molar-refractivity contribution is -0.120. The molecule has 0 spiro atoms. The van der Waals surface area contributed by atoms with E-state index in [0.717, 1.165) is 41.5 Å². The van der Waals surface area contributed by atoms with E-state index in [1.807, 2.05) is 17.5 Å². The third kappa shape index (κ3) is 5.56. The van der Waals surface area contributed by atoms with Crippen LogP contribution in [0.1, 0.15) is 42.6 Å². The van der Waals surface area contributed by atoms with Crippen molar-refractivity contribution >= 4 is 17.2 Å². The fraction of sp³-hybridized carbons (Fsp3) is 0.385. The van der Waals surface area contributed by atoms with Gasteiger partial charge in [-0.1, -0.05) is 43.3 Å². The van der Waals surface area contributed by atoms with Gasteiger partial charge in [-0.2, -0.15) is 0 Å². The van der Waals surface area contributed by atoms with Crippen LogP contribution in [-0.2, 0) is 17.6 Å². The van der Waals surface area contributed by atoms with E-state index in [-0.39, 0.29) is 11.9 Å². The smallest absolute Gasteiger partial charge is 0.226 e. The van der Waals surface area contributed by atoms with Gasteiger partial charge in [0.25, 0.3) is 0 Å². The van der Waals surface area contributed by atoms with Gasteiger partial charge < -0.3 is 10.1 Å². The van der Waals surface area contributed by atoms with Gasteiger partial charge in [-0.05, 0) is 55.6 Å². The van der Waals surface area contributed by atoms with Gasteiger partial charge in [-0.15, -0.1) is 11.3 Å². The fourth-order valence-electron chi connectivity index (χ4n) is 4.20. The van der Waals surface area contributed by atoms with E-state index >= 15 is 0 Å². The van der Waals surface area contributed by atoms with Gasteiger partial charge >= 0.3 is 0 Å². The Bertz CT molecular complexity index is 1030. The lowest BCUT2D eigenvalue weighted by atomic mass is 10.0. The average Bonchev–Trinajstić information content (AvgIpc) is 3.52. The summed E-state index contributed by atoms with van der Waals surface area (Å²) in [6, 6.07) is 16.8. The van der Waals surface area contributed by atoms with E-state index in [1.165, 1.54) is 24.0 Å². The van der Waals surface area contributed by atoms with Gasteiger partial charge in [0.05, 0.1) is 25.3 Å². The van der Waals surface area contributed by atoms with Crippen molar-refractivity contribution in [3.8, 4) is 16.3 Å². The largest absolute Gasteiger partial charge is 0.497 e. The second kappa shape index (κ2) is 10.7. The van der Waals surface area contributed by atoms with Crippen molar-refractivity contribution in [3.63, 3.8) is 0 Å². The number of carbonyl (C=O) groups is 1. The number of ether oxygens (including phenoxy) is 1. The molecule has 168 valence electrons. The molecule has 1 atom stereocenters. The summed E-state index contributed by atoms with van der Waals surface area (Å²) < 4.78 is 5.41. The van der Waals surface area contributed by atoms with Crippen LogP contribution in [0.5, 0.6) is 5.75 Å². The molecule has 1 unspecified atom stereocenters. The van der Waals surface area contributed by atoms with Crippen LogP contribution in [-0.4, -0.2) is 42.5 Å². The molecule has 1 amide bonds. The highest BCUT2D eigenvalue weighted by Gasteiger charge is 2.24. The van der Waals surface area contributed by atoms with Crippen LogP contribution in [0.3, 0.4) is 0 Å². The van der Waals surface area contributed by atoms with Crippen LogP contribution >= 0.6 is 11.3 Å². The minimum Gasteiger partial charge on any atom is -0.497 e. The molecular formula is C26H31N3O2S. The molecule has 5 nitrogen and oxygen atoms in total. The standard InChI is InChI=1S/C26H31N3O2S/c1-3-19-9-11-20(12-10-19)26-28-22(18-32-26)16-25(30)27-17-24(29-13-4-5-14-29)21-7-6-8-23(15-21)31-2/h6-12,15,18,24H,3-5,13-14,16-17H2,1-2H3,(H,27,30). The third-order valence-corrected chi connectivity index (χ3v) is 7.00. The van der Waals surface area contributed by atoms with Gasteiger partial charge in [0.15, 0.2) is 0 Å². The molecule has 32 heavy (non-hydrogen) atoms. The van der Waals surface area contributed by atoms with E-state index < -0.39 is 0 Å². The van der Waals surface area contributed by atoms with Crippen molar-refractivity contribution in [2.45, 2.75) is 38.6 Å². The molecular weight excluding hydrogens is 418 g/mol. The number of nitrogens with one attached hydrogen (secondary N) is 1. The number of nitrogens with zero attached hydrogens (tertiary/aromatic N) is 2. The summed E-state index contributed by atoms with van der Waals surface area (Å²) in [5.74, 6) is 0.857. The van der Waals surface area contributed by atoms with Crippen LogP contribution < -0.4 is 10.1 Å². The Balaban J connectivity index is 1.38. The zero-order valence-corrected chi connectivity index (χ0v) is 19.7. The van der Waals surface area contributed by atoms with E-state index in [9.17, 15) is 4.79 Å². The number of methoxy groups -OCH3 is 1. The van der Waals surface area contributed by atoms with Crippen LogP contribution in [0.2, 0.25) is 0 Å². The minimum atomic E-state index is 0.00951. The highest BCUT2D eigenvalue weighted by molar-refractivity contribution is 7.13. The van der Waals surface area contributed by atoms with E-state index in [0.29, 0.717) is 13.0 Å². The van der Waals surface area contributed by atoms with Crippen LogP contribution in [0.4, 0.5) is 0 Å². The number of likely N-dealkylation sites (tertiary alicyclic amines) is 1. The molecule has 4 rings (SSSR count). The lowest BCUT2D eigenvalue weighted by Crippen LogP contribution is -2.37. The maximum absolute atomic E-state index is 12.7. The Morgan fingerprint density at radius 2 is 1.97 bits per heavy atom. The van der Waals surface area contributed by atoms with Gasteiger partial charge in [-0.25, -0.2) is 4.98 Å². The molecule has 2 heterocycles. The quantitative estimate of drug-likeness (QED) is 0.506. The number of amides is 1. The fourth-order valence-corrected chi connectivity index (χ4v) is 5.03. The Hall–Kier alpha value is -2.70. The van der Waals surface area contributed by atoms with Crippen molar-refractivity contribution in [3.05, 3.63) is 70.7 Å². The third-order valence-electron chi connectivity index (χ3n) is 6.06. The first kappa shape index (κ1) is 22.5. The first-order valence-electron chi connectivity index (χ1n) is 11.3. The van der Waals surface area contributed by atoms with Crippen LogP contribution in [0, 0.1) is 0 Å². The summed E-state index contributed by atoms with van der Waals surface area (Å²) in [5.41, 5.74) is 4.42. The lowest BCUT2D eigenvalue weighted by Gasteiger charge is -2.28.